The lowest BCUT2D eigenvalue weighted by molar-refractivity contribution is -0.140. The first-order valence-corrected chi connectivity index (χ1v) is 18.1. The predicted molar refractivity (Wildman–Crippen MR) is 189 cm³/mol. The molecule has 246 valence electrons. The van der Waals surface area contributed by atoms with Crippen molar-refractivity contribution in [1.82, 2.24) is 10.2 Å². The largest absolute Gasteiger partial charge is 0.352 e. The van der Waals surface area contributed by atoms with E-state index in [1.54, 1.807) is 42.5 Å². The number of nitrogens with one attached hydrogen (secondary N) is 1. The summed E-state index contributed by atoms with van der Waals surface area (Å²) >= 11 is 25.4. The second-order valence-corrected chi connectivity index (χ2v) is 14.8. The third-order valence-corrected chi connectivity index (χ3v) is 11.4. The molecule has 4 aromatic rings. The zero-order valence-electron chi connectivity index (χ0n) is 25.3. The van der Waals surface area contributed by atoms with E-state index in [-0.39, 0.29) is 50.6 Å². The maximum Gasteiger partial charge on any atom is 0.264 e. The first-order chi connectivity index (χ1) is 22.5. The average molecular weight is 734 g/mol. The minimum atomic E-state index is -4.33. The number of halogens is 4. The number of hydrogen-bond donors (Lipinski definition) is 1. The zero-order chi connectivity index (χ0) is 33.6. The average Bonchev–Trinajstić information content (AvgIpc) is 3.58. The van der Waals surface area contributed by atoms with Crippen LogP contribution in [0.1, 0.15) is 36.8 Å². The zero-order valence-corrected chi connectivity index (χ0v) is 29.1. The van der Waals surface area contributed by atoms with E-state index in [4.69, 9.17) is 46.4 Å². The lowest BCUT2D eigenvalue weighted by Gasteiger charge is -2.34. The van der Waals surface area contributed by atoms with E-state index in [2.05, 4.69) is 5.32 Å². The molecule has 1 fully saturated rings. The molecule has 0 aliphatic heterocycles. The van der Waals surface area contributed by atoms with Gasteiger partial charge in [0.15, 0.2) is 0 Å². The van der Waals surface area contributed by atoms with Gasteiger partial charge < -0.3 is 10.2 Å². The number of amides is 2. The summed E-state index contributed by atoms with van der Waals surface area (Å²) in [6.07, 6.45) is 3.90. The second kappa shape index (κ2) is 15.8. The summed E-state index contributed by atoms with van der Waals surface area (Å²) in [5.41, 5.74) is 1.47. The normalized spacial score (nSPS) is 14.0. The summed E-state index contributed by atoms with van der Waals surface area (Å²) in [6, 6.07) is 25.6. The number of anilines is 1. The maximum atomic E-state index is 14.6. The van der Waals surface area contributed by atoms with Gasteiger partial charge in [0.2, 0.25) is 11.8 Å². The fraction of sp³-hybridized carbons (Fsp3) is 0.257. The molecule has 0 bridgehead atoms. The Morgan fingerprint density at radius 3 is 2.09 bits per heavy atom. The molecular weight excluding hydrogens is 700 g/mol. The van der Waals surface area contributed by atoms with Crippen LogP contribution in [-0.4, -0.2) is 43.8 Å². The number of rotatable bonds is 12. The van der Waals surface area contributed by atoms with Crippen molar-refractivity contribution in [2.75, 3.05) is 10.8 Å². The van der Waals surface area contributed by atoms with Crippen LogP contribution in [0.4, 0.5) is 5.69 Å². The van der Waals surface area contributed by atoms with Crippen molar-refractivity contribution in [1.29, 1.82) is 0 Å². The van der Waals surface area contributed by atoms with Gasteiger partial charge >= 0.3 is 0 Å². The smallest absolute Gasteiger partial charge is 0.264 e. The number of sulfonamides is 1. The van der Waals surface area contributed by atoms with E-state index in [0.717, 1.165) is 35.6 Å². The van der Waals surface area contributed by atoms with Crippen LogP contribution in [0.3, 0.4) is 0 Å². The van der Waals surface area contributed by atoms with Crippen molar-refractivity contribution in [3.05, 3.63) is 128 Å². The third-order valence-electron chi connectivity index (χ3n) is 8.12. The topological polar surface area (TPSA) is 86.8 Å². The number of carbonyl (C=O) groups is 2. The lowest BCUT2D eigenvalue weighted by Crippen LogP contribution is -2.54. The van der Waals surface area contributed by atoms with Crippen LogP contribution in [0.15, 0.2) is 102 Å². The van der Waals surface area contributed by atoms with Gasteiger partial charge in [0, 0.05) is 19.0 Å². The van der Waals surface area contributed by atoms with Crippen LogP contribution < -0.4 is 9.62 Å². The minimum Gasteiger partial charge on any atom is -0.352 e. The van der Waals surface area contributed by atoms with Crippen LogP contribution >= 0.6 is 46.4 Å². The van der Waals surface area contributed by atoms with E-state index < -0.39 is 28.5 Å². The van der Waals surface area contributed by atoms with E-state index in [9.17, 15) is 18.0 Å². The molecule has 4 aromatic carbocycles. The van der Waals surface area contributed by atoms with E-state index in [0.29, 0.717) is 10.6 Å². The van der Waals surface area contributed by atoms with Crippen LogP contribution in [0.2, 0.25) is 20.1 Å². The Morgan fingerprint density at radius 2 is 1.43 bits per heavy atom. The van der Waals surface area contributed by atoms with E-state index in [1.807, 2.05) is 30.3 Å². The van der Waals surface area contributed by atoms with Gasteiger partial charge in [0.25, 0.3) is 10.0 Å². The molecule has 1 aliphatic carbocycles. The predicted octanol–water partition coefficient (Wildman–Crippen LogP) is 8.19. The quantitative estimate of drug-likeness (QED) is 0.159. The highest BCUT2D eigenvalue weighted by molar-refractivity contribution is 7.92. The van der Waals surface area contributed by atoms with Gasteiger partial charge in [0.1, 0.15) is 12.6 Å². The summed E-state index contributed by atoms with van der Waals surface area (Å²) in [6.45, 7) is -0.714. The van der Waals surface area contributed by atoms with E-state index >= 15 is 0 Å². The number of hydrogen-bond acceptors (Lipinski definition) is 4. The van der Waals surface area contributed by atoms with Gasteiger partial charge in [-0.3, -0.25) is 13.9 Å². The summed E-state index contributed by atoms with van der Waals surface area (Å²) in [7, 11) is -4.33. The summed E-state index contributed by atoms with van der Waals surface area (Å²) in [5.74, 6) is -0.957. The number of carbonyl (C=O) groups excluding carboxylic acids is 2. The Balaban J connectivity index is 1.60. The molecule has 12 heteroatoms. The van der Waals surface area contributed by atoms with E-state index in [1.165, 1.54) is 29.2 Å². The van der Waals surface area contributed by atoms with Gasteiger partial charge in [-0.05, 0) is 60.4 Å². The Hall–Kier alpha value is -3.27. The highest BCUT2D eigenvalue weighted by atomic mass is 35.5. The van der Waals surface area contributed by atoms with Crippen molar-refractivity contribution in [3.8, 4) is 0 Å². The Bertz CT molecular complexity index is 1820. The molecule has 2 amide bonds. The molecule has 1 atom stereocenters. The van der Waals surface area contributed by atoms with Crippen molar-refractivity contribution in [3.63, 3.8) is 0 Å². The molecule has 0 aromatic heterocycles. The van der Waals surface area contributed by atoms with Crippen LogP contribution in [0.5, 0.6) is 0 Å². The molecule has 0 saturated heterocycles. The molecule has 0 radical (unpaired) electrons. The summed E-state index contributed by atoms with van der Waals surface area (Å²) < 4.78 is 29.3. The van der Waals surface area contributed by atoms with Gasteiger partial charge in [-0.1, -0.05) is 120 Å². The van der Waals surface area contributed by atoms with Gasteiger partial charge in [0.05, 0.1) is 30.7 Å². The summed E-state index contributed by atoms with van der Waals surface area (Å²) in [4.78, 5) is 30.1. The molecule has 7 nitrogen and oxygen atoms in total. The lowest BCUT2D eigenvalue weighted by atomic mass is 10.0. The SMILES string of the molecule is O=C(NC1CCCC1)[C@@H](Cc1ccccc1)N(Cc1ccc(Cl)c(Cl)c1)C(=O)CN(c1cccc(Cl)c1Cl)S(=O)(=O)c1ccccc1. The monoisotopic (exact) mass is 731 g/mol. The molecule has 0 spiro atoms. The molecule has 47 heavy (non-hydrogen) atoms. The molecule has 5 rings (SSSR count). The fourth-order valence-corrected chi connectivity index (χ4v) is 7.89. The fourth-order valence-electron chi connectivity index (χ4n) is 5.67. The molecule has 1 N–H and O–H groups in total. The number of nitrogens with zero attached hydrogens (tertiary/aromatic N) is 2. The van der Waals surface area contributed by atoms with Gasteiger partial charge in [-0.25, -0.2) is 8.42 Å². The third kappa shape index (κ3) is 8.61. The second-order valence-electron chi connectivity index (χ2n) is 11.4. The van der Waals surface area contributed by atoms with Crippen LogP contribution in [0.25, 0.3) is 0 Å². The first-order valence-electron chi connectivity index (χ1n) is 15.1. The highest BCUT2D eigenvalue weighted by Crippen LogP contribution is 2.36. The highest BCUT2D eigenvalue weighted by Gasteiger charge is 2.36. The Kier molecular flexibility index (Phi) is 11.7. The molecule has 1 saturated carbocycles. The standard InChI is InChI=1S/C35H33Cl4N3O4S/c36-28-19-18-25(20-30(28)38)22-41(32(21-24-10-3-1-4-11-24)35(44)40-26-12-7-8-13-26)33(43)23-42(31-17-9-16-29(37)34(31)39)47(45,46)27-14-5-2-6-15-27/h1-6,9-11,14-20,26,32H,7-8,12-13,21-23H2,(H,40,44)/t32-/m1/s1. The van der Waals surface area contributed by atoms with Gasteiger partial charge in [-0.15, -0.1) is 0 Å². The van der Waals surface area contributed by atoms with Crippen LogP contribution in [-0.2, 0) is 32.6 Å². The Morgan fingerprint density at radius 1 is 0.766 bits per heavy atom. The Labute approximate surface area is 295 Å². The van der Waals surface area contributed by atoms with Crippen LogP contribution in [0, 0.1) is 0 Å². The molecule has 0 heterocycles. The van der Waals surface area contributed by atoms with Crippen molar-refractivity contribution in [2.24, 2.45) is 0 Å². The first kappa shape index (κ1) is 35.0. The van der Waals surface area contributed by atoms with Crippen molar-refractivity contribution in [2.45, 2.75) is 55.6 Å². The van der Waals surface area contributed by atoms with Crippen molar-refractivity contribution < 1.29 is 18.0 Å². The number of benzene rings is 4. The summed E-state index contributed by atoms with van der Waals surface area (Å²) in [5, 5.41) is 3.86. The van der Waals surface area contributed by atoms with Gasteiger partial charge in [-0.2, -0.15) is 0 Å². The van der Waals surface area contributed by atoms with Crippen molar-refractivity contribution >= 4 is 73.9 Å². The maximum absolute atomic E-state index is 14.6. The minimum absolute atomic E-state index is 0.0112. The molecule has 1 aliphatic rings. The molecular formula is C35H33Cl4N3O4S. The molecule has 0 unspecified atom stereocenters.